The SMILES string of the molecule is CC1([N+](=O)[O-])CCCCCCCCCC1. The Kier molecular flexibility index (Phi) is 5.06. The molecular weight excluding hydrogens is 190 g/mol. The summed E-state index contributed by atoms with van der Waals surface area (Å²) in [7, 11) is 0. The summed E-state index contributed by atoms with van der Waals surface area (Å²) in [4.78, 5) is 11.0. The van der Waals surface area contributed by atoms with E-state index in [2.05, 4.69) is 0 Å². The molecule has 0 saturated heterocycles. The molecule has 88 valence electrons. The highest BCUT2D eigenvalue weighted by atomic mass is 16.6. The normalized spacial score (nSPS) is 24.1. The van der Waals surface area contributed by atoms with Crippen molar-refractivity contribution in [2.45, 2.75) is 76.7 Å². The maximum Gasteiger partial charge on any atom is 0.219 e. The number of nitrogens with zero attached hydrogens (tertiary/aromatic N) is 1. The van der Waals surface area contributed by atoms with Crippen molar-refractivity contribution >= 4 is 0 Å². The lowest BCUT2D eigenvalue weighted by Gasteiger charge is -2.20. The monoisotopic (exact) mass is 213 g/mol. The summed E-state index contributed by atoms with van der Waals surface area (Å²) in [5.74, 6) is 0. The number of hydrogen-bond donors (Lipinski definition) is 0. The van der Waals surface area contributed by atoms with Crippen LogP contribution in [0.2, 0.25) is 0 Å². The van der Waals surface area contributed by atoms with Crippen LogP contribution >= 0.6 is 0 Å². The third-order valence-electron chi connectivity index (χ3n) is 3.62. The van der Waals surface area contributed by atoms with Crippen LogP contribution in [0.1, 0.15) is 71.1 Å². The molecule has 0 radical (unpaired) electrons. The first-order valence-electron chi connectivity index (χ1n) is 6.30. The van der Waals surface area contributed by atoms with E-state index in [0.717, 1.165) is 25.7 Å². The number of hydrogen-bond acceptors (Lipinski definition) is 2. The van der Waals surface area contributed by atoms with Crippen molar-refractivity contribution in [1.82, 2.24) is 0 Å². The molecule has 1 aliphatic carbocycles. The number of rotatable bonds is 1. The fourth-order valence-electron chi connectivity index (χ4n) is 2.38. The second kappa shape index (κ2) is 6.09. The molecule has 0 heterocycles. The van der Waals surface area contributed by atoms with Crippen molar-refractivity contribution < 1.29 is 4.92 Å². The molecule has 3 nitrogen and oxygen atoms in total. The Morgan fingerprint density at radius 2 is 1.20 bits per heavy atom. The van der Waals surface area contributed by atoms with Crippen molar-refractivity contribution in [1.29, 1.82) is 0 Å². The van der Waals surface area contributed by atoms with Crippen LogP contribution in [0.25, 0.3) is 0 Å². The largest absolute Gasteiger partial charge is 0.264 e. The molecule has 1 rings (SSSR count). The Balaban J connectivity index is 2.49. The van der Waals surface area contributed by atoms with E-state index in [-0.39, 0.29) is 4.92 Å². The molecule has 0 bridgehead atoms. The van der Waals surface area contributed by atoms with Crippen molar-refractivity contribution in [3.63, 3.8) is 0 Å². The summed E-state index contributed by atoms with van der Waals surface area (Å²) in [5.41, 5.74) is -0.648. The minimum atomic E-state index is -0.648. The Labute approximate surface area is 92.4 Å². The van der Waals surface area contributed by atoms with Gasteiger partial charge in [0.2, 0.25) is 5.54 Å². The molecule has 1 fully saturated rings. The lowest BCUT2D eigenvalue weighted by molar-refractivity contribution is -0.568. The Morgan fingerprint density at radius 3 is 1.53 bits per heavy atom. The zero-order valence-corrected chi connectivity index (χ0v) is 9.83. The molecule has 0 unspecified atom stereocenters. The van der Waals surface area contributed by atoms with E-state index in [9.17, 15) is 10.1 Å². The standard InChI is InChI=1S/C12H23NO2/c1-12(13(14)15)10-8-6-4-2-3-5-7-9-11-12/h2-11H2,1H3. The summed E-state index contributed by atoms with van der Waals surface area (Å²) in [5, 5.41) is 11.0. The predicted octanol–water partition coefficient (Wildman–Crippen LogP) is 3.94. The third kappa shape index (κ3) is 4.18. The average molecular weight is 213 g/mol. The summed E-state index contributed by atoms with van der Waals surface area (Å²) in [6, 6.07) is 0. The molecule has 0 aromatic carbocycles. The molecule has 0 aromatic heterocycles. The molecule has 0 aromatic rings. The fraction of sp³-hybridized carbons (Fsp3) is 1.00. The van der Waals surface area contributed by atoms with Gasteiger partial charge in [0.1, 0.15) is 0 Å². The van der Waals surface area contributed by atoms with Crippen molar-refractivity contribution in [3.05, 3.63) is 10.1 Å². The van der Waals surface area contributed by atoms with Gasteiger partial charge in [-0.25, -0.2) is 0 Å². The highest BCUT2D eigenvalue weighted by Crippen LogP contribution is 2.27. The molecule has 0 atom stereocenters. The van der Waals surface area contributed by atoms with Gasteiger partial charge in [0.15, 0.2) is 0 Å². The highest BCUT2D eigenvalue weighted by Gasteiger charge is 2.35. The van der Waals surface area contributed by atoms with Crippen LogP contribution in [0.4, 0.5) is 0 Å². The number of nitro groups is 1. The van der Waals surface area contributed by atoms with Gasteiger partial charge < -0.3 is 0 Å². The summed E-state index contributed by atoms with van der Waals surface area (Å²) in [6.45, 7) is 1.82. The second-order valence-electron chi connectivity index (χ2n) is 5.08. The topological polar surface area (TPSA) is 43.1 Å². The molecule has 0 spiro atoms. The van der Waals surface area contributed by atoms with Gasteiger partial charge in [0.25, 0.3) is 0 Å². The summed E-state index contributed by atoms with van der Waals surface area (Å²) >= 11 is 0. The zero-order chi connectivity index (χ0) is 11.1. The molecular formula is C12H23NO2. The van der Waals surface area contributed by atoms with E-state index in [1.165, 1.54) is 38.5 Å². The van der Waals surface area contributed by atoms with Crippen molar-refractivity contribution in [3.8, 4) is 0 Å². The molecule has 1 saturated carbocycles. The van der Waals surface area contributed by atoms with E-state index in [0.29, 0.717) is 0 Å². The van der Waals surface area contributed by atoms with Crippen LogP contribution in [0.5, 0.6) is 0 Å². The van der Waals surface area contributed by atoms with Crippen molar-refractivity contribution in [2.24, 2.45) is 0 Å². The van der Waals surface area contributed by atoms with Gasteiger partial charge >= 0.3 is 0 Å². The van der Waals surface area contributed by atoms with Gasteiger partial charge in [-0.15, -0.1) is 0 Å². The highest BCUT2D eigenvalue weighted by molar-refractivity contribution is 4.74. The maximum absolute atomic E-state index is 11.0. The van der Waals surface area contributed by atoms with Gasteiger partial charge in [-0.2, -0.15) is 0 Å². The van der Waals surface area contributed by atoms with E-state index in [1.807, 2.05) is 6.92 Å². The van der Waals surface area contributed by atoms with Crippen molar-refractivity contribution in [2.75, 3.05) is 0 Å². The Bertz CT molecular complexity index is 192. The van der Waals surface area contributed by atoms with Crippen LogP contribution in [0, 0.1) is 10.1 Å². The Morgan fingerprint density at radius 1 is 0.867 bits per heavy atom. The smallest absolute Gasteiger partial charge is 0.219 e. The maximum atomic E-state index is 11.0. The van der Waals surface area contributed by atoms with Crippen LogP contribution < -0.4 is 0 Å². The van der Waals surface area contributed by atoms with E-state index in [4.69, 9.17) is 0 Å². The third-order valence-corrected chi connectivity index (χ3v) is 3.62. The molecule has 0 amide bonds. The summed E-state index contributed by atoms with van der Waals surface area (Å²) in [6.07, 6.45) is 11.1. The zero-order valence-electron chi connectivity index (χ0n) is 9.83. The molecule has 1 aliphatic rings. The quantitative estimate of drug-likeness (QED) is 0.489. The lowest BCUT2D eigenvalue weighted by Crippen LogP contribution is -2.34. The Hall–Kier alpha value is -0.600. The molecule has 3 heteroatoms. The van der Waals surface area contributed by atoms with E-state index in [1.54, 1.807) is 0 Å². The average Bonchev–Trinajstić information content (AvgIpc) is 2.24. The molecule has 15 heavy (non-hydrogen) atoms. The molecule has 0 N–H and O–H groups in total. The first kappa shape index (κ1) is 12.5. The van der Waals surface area contributed by atoms with E-state index >= 15 is 0 Å². The predicted molar refractivity (Wildman–Crippen MR) is 61.6 cm³/mol. The van der Waals surface area contributed by atoms with E-state index < -0.39 is 5.54 Å². The fourth-order valence-corrected chi connectivity index (χ4v) is 2.38. The van der Waals surface area contributed by atoms with Gasteiger partial charge in [0, 0.05) is 24.7 Å². The first-order chi connectivity index (χ1) is 7.15. The van der Waals surface area contributed by atoms with Gasteiger partial charge in [0.05, 0.1) is 0 Å². The van der Waals surface area contributed by atoms with Gasteiger partial charge in [-0.3, -0.25) is 10.1 Å². The minimum Gasteiger partial charge on any atom is -0.264 e. The van der Waals surface area contributed by atoms with Gasteiger partial charge in [-0.05, 0) is 12.8 Å². The van der Waals surface area contributed by atoms with Crippen LogP contribution in [-0.2, 0) is 0 Å². The second-order valence-corrected chi connectivity index (χ2v) is 5.08. The molecule has 0 aliphatic heterocycles. The lowest BCUT2D eigenvalue weighted by atomic mass is 9.89. The minimum absolute atomic E-state index is 0.0507. The van der Waals surface area contributed by atoms with Gasteiger partial charge in [-0.1, -0.05) is 38.5 Å². The van der Waals surface area contributed by atoms with Crippen LogP contribution in [0.15, 0.2) is 0 Å². The first-order valence-corrected chi connectivity index (χ1v) is 6.30. The van der Waals surface area contributed by atoms with Crippen LogP contribution in [0.3, 0.4) is 0 Å². The van der Waals surface area contributed by atoms with Crippen LogP contribution in [-0.4, -0.2) is 10.5 Å². The summed E-state index contributed by atoms with van der Waals surface area (Å²) < 4.78 is 0.